The minimum Gasteiger partial charge on any atom is -0.479 e. The summed E-state index contributed by atoms with van der Waals surface area (Å²) in [5.41, 5.74) is 6.86. The van der Waals surface area contributed by atoms with Gasteiger partial charge in [0.25, 0.3) is 5.92 Å². The quantitative estimate of drug-likeness (QED) is 0.427. The summed E-state index contributed by atoms with van der Waals surface area (Å²) < 4.78 is 68.1. The molecule has 0 aliphatic carbocycles. The molecule has 1 aromatic carbocycles. The number of likely N-dealkylation sites (tertiary alicyclic amines) is 1. The number of benzene rings is 1. The standard InChI is InChI=1S/C22H24F4N8O/c1-11(23)9-33-15-8-12(4-5-14(15)29-31-33)16-17(24)18(13-6-7-32(2)10-22(13,25)26)34-19(16)20(35-3)28-21(27)30-34/h4-5,8,11,13H,6-7,9-10H2,1-3H3,(H2,27,30)/t11-,13-/m1/s1. The first kappa shape index (κ1) is 23.3. The molecule has 0 spiro atoms. The van der Waals surface area contributed by atoms with Crippen molar-refractivity contribution in [1.82, 2.24) is 34.5 Å². The first-order valence-corrected chi connectivity index (χ1v) is 11.1. The first-order valence-electron chi connectivity index (χ1n) is 11.1. The molecule has 9 nitrogen and oxygen atoms in total. The SMILES string of the molecule is COc1nc(N)nn2c([C@H]3CCN(C)CC3(F)F)c(F)c(-c3ccc4nnn(C[C@@H](C)F)c4c3)c12. The van der Waals surface area contributed by atoms with Gasteiger partial charge in [-0.3, -0.25) is 0 Å². The number of piperidine rings is 1. The number of anilines is 1. The number of nitrogens with zero attached hydrogens (tertiary/aromatic N) is 7. The van der Waals surface area contributed by atoms with Crippen LogP contribution in [0.3, 0.4) is 0 Å². The van der Waals surface area contributed by atoms with E-state index in [1.54, 1.807) is 25.2 Å². The average molecular weight is 492 g/mol. The summed E-state index contributed by atoms with van der Waals surface area (Å²) in [6.45, 7) is 1.18. The fraction of sp³-hybridized carbons (Fsp3) is 0.455. The number of aromatic nitrogens is 6. The molecule has 4 aromatic rings. The number of fused-ring (bicyclic) bond motifs is 2. The Balaban J connectivity index is 1.79. The van der Waals surface area contributed by atoms with Gasteiger partial charge in [-0.1, -0.05) is 11.3 Å². The molecule has 0 unspecified atom stereocenters. The second kappa shape index (κ2) is 8.33. The molecule has 0 radical (unpaired) electrons. The van der Waals surface area contributed by atoms with Gasteiger partial charge >= 0.3 is 0 Å². The summed E-state index contributed by atoms with van der Waals surface area (Å²) in [7, 11) is 2.92. The molecule has 0 amide bonds. The van der Waals surface area contributed by atoms with Crippen LogP contribution in [-0.2, 0) is 6.54 Å². The Hall–Kier alpha value is -3.48. The zero-order chi connectivity index (χ0) is 25.1. The highest BCUT2D eigenvalue weighted by molar-refractivity contribution is 5.90. The molecule has 1 aliphatic rings. The van der Waals surface area contributed by atoms with Crippen molar-refractivity contribution >= 4 is 22.5 Å². The molecule has 4 heterocycles. The van der Waals surface area contributed by atoms with Crippen molar-refractivity contribution in [3.63, 3.8) is 0 Å². The van der Waals surface area contributed by atoms with Gasteiger partial charge in [0.05, 0.1) is 42.9 Å². The van der Waals surface area contributed by atoms with Crippen LogP contribution < -0.4 is 10.5 Å². The van der Waals surface area contributed by atoms with E-state index in [1.165, 1.54) is 23.6 Å². The minimum absolute atomic E-state index is 0.0162. The highest BCUT2D eigenvalue weighted by Crippen LogP contribution is 2.46. The normalized spacial score (nSPS) is 19.5. The van der Waals surface area contributed by atoms with E-state index in [1.807, 2.05) is 0 Å². The number of ether oxygens (including phenoxy) is 1. The lowest BCUT2D eigenvalue weighted by molar-refractivity contribution is -0.0788. The van der Waals surface area contributed by atoms with Gasteiger partial charge in [-0.15, -0.1) is 10.2 Å². The summed E-state index contributed by atoms with van der Waals surface area (Å²) in [5, 5.41) is 12.1. The number of nitrogen functional groups attached to an aromatic ring is 1. The number of halogens is 4. The van der Waals surface area contributed by atoms with Crippen molar-refractivity contribution in [1.29, 1.82) is 0 Å². The van der Waals surface area contributed by atoms with E-state index in [0.29, 0.717) is 23.1 Å². The van der Waals surface area contributed by atoms with Crippen LogP contribution in [0.4, 0.5) is 23.5 Å². The molecule has 186 valence electrons. The molecule has 2 N–H and O–H groups in total. The molecule has 1 fully saturated rings. The third kappa shape index (κ3) is 3.83. The number of hydrogen-bond acceptors (Lipinski definition) is 7. The van der Waals surface area contributed by atoms with Crippen molar-refractivity contribution in [2.24, 2.45) is 0 Å². The molecular formula is C22H24F4N8O. The van der Waals surface area contributed by atoms with Gasteiger partial charge in [0, 0.05) is 0 Å². The van der Waals surface area contributed by atoms with Crippen LogP contribution in [0.25, 0.3) is 27.7 Å². The highest BCUT2D eigenvalue weighted by Gasteiger charge is 2.48. The molecule has 1 aliphatic heterocycles. The zero-order valence-electron chi connectivity index (χ0n) is 19.3. The fourth-order valence-corrected chi connectivity index (χ4v) is 4.78. The summed E-state index contributed by atoms with van der Waals surface area (Å²) in [6, 6.07) is 4.78. The Kier molecular flexibility index (Phi) is 5.54. The van der Waals surface area contributed by atoms with E-state index in [4.69, 9.17) is 10.5 Å². The van der Waals surface area contributed by atoms with E-state index in [0.717, 1.165) is 4.52 Å². The average Bonchev–Trinajstić information content (AvgIpc) is 3.30. The van der Waals surface area contributed by atoms with Gasteiger partial charge in [0.2, 0.25) is 11.8 Å². The van der Waals surface area contributed by atoms with E-state index < -0.39 is 30.4 Å². The molecule has 0 bridgehead atoms. The Bertz CT molecular complexity index is 1420. The number of methoxy groups -OCH3 is 1. The number of alkyl halides is 3. The lowest BCUT2D eigenvalue weighted by atomic mass is 9.89. The minimum atomic E-state index is -3.21. The van der Waals surface area contributed by atoms with Gasteiger partial charge in [0.15, 0.2) is 5.82 Å². The van der Waals surface area contributed by atoms with Crippen molar-refractivity contribution in [2.75, 3.05) is 33.0 Å². The van der Waals surface area contributed by atoms with Crippen LogP contribution >= 0.6 is 0 Å². The van der Waals surface area contributed by atoms with Crippen LogP contribution in [0.5, 0.6) is 5.88 Å². The molecular weight excluding hydrogens is 468 g/mol. The topological polar surface area (TPSA) is 99.4 Å². The Morgan fingerprint density at radius 2 is 2.09 bits per heavy atom. The smallest absolute Gasteiger partial charge is 0.268 e. The van der Waals surface area contributed by atoms with Crippen LogP contribution in [0.2, 0.25) is 0 Å². The van der Waals surface area contributed by atoms with E-state index >= 15 is 13.2 Å². The van der Waals surface area contributed by atoms with E-state index in [2.05, 4.69) is 20.4 Å². The number of hydrogen-bond donors (Lipinski definition) is 1. The Morgan fingerprint density at radius 1 is 1.31 bits per heavy atom. The van der Waals surface area contributed by atoms with E-state index in [9.17, 15) is 4.39 Å². The summed E-state index contributed by atoms with van der Waals surface area (Å²) in [4.78, 5) is 5.55. The van der Waals surface area contributed by atoms with E-state index in [-0.39, 0.29) is 41.6 Å². The maximum Gasteiger partial charge on any atom is 0.268 e. The van der Waals surface area contributed by atoms with Crippen LogP contribution in [0.15, 0.2) is 18.2 Å². The van der Waals surface area contributed by atoms with Crippen molar-refractivity contribution in [2.45, 2.75) is 37.9 Å². The van der Waals surface area contributed by atoms with Crippen molar-refractivity contribution in [3.05, 3.63) is 29.7 Å². The fourth-order valence-electron chi connectivity index (χ4n) is 4.78. The Labute approximate surface area is 197 Å². The second-order valence-corrected chi connectivity index (χ2v) is 8.91. The van der Waals surface area contributed by atoms with Crippen molar-refractivity contribution < 1.29 is 22.3 Å². The lowest BCUT2D eigenvalue weighted by Crippen LogP contribution is -2.46. The largest absolute Gasteiger partial charge is 0.479 e. The molecule has 35 heavy (non-hydrogen) atoms. The van der Waals surface area contributed by atoms with Gasteiger partial charge < -0.3 is 15.4 Å². The number of nitrogens with two attached hydrogens (primary N) is 1. The van der Waals surface area contributed by atoms with Crippen LogP contribution in [-0.4, -0.2) is 73.8 Å². The molecule has 2 atom stereocenters. The summed E-state index contributed by atoms with van der Waals surface area (Å²) in [5.74, 6) is -5.83. The van der Waals surface area contributed by atoms with Gasteiger partial charge in [-0.25, -0.2) is 26.8 Å². The summed E-state index contributed by atoms with van der Waals surface area (Å²) >= 11 is 0. The van der Waals surface area contributed by atoms with Crippen LogP contribution in [0, 0.1) is 5.82 Å². The highest BCUT2D eigenvalue weighted by atomic mass is 19.3. The predicted octanol–water partition coefficient (Wildman–Crippen LogP) is 3.28. The lowest BCUT2D eigenvalue weighted by Gasteiger charge is -2.36. The molecule has 3 aromatic heterocycles. The van der Waals surface area contributed by atoms with Crippen LogP contribution in [0.1, 0.15) is 25.0 Å². The third-order valence-electron chi connectivity index (χ3n) is 6.28. The maximum absolute atomic E-state index is 16.3. The predicted molar refractivity (Wildman–Crippen MR) is 121 cm³/mol. The zero-order valence-corrected chi connectivity index (χ0v) is 19.3. The van der Waals surface area contributed by atoms with Gasteiger partial charge in [0.1, 0.15) is 17.2 Å². The third-order valence-corrected chi connectivity index (χ3v) is 6.28. The molecule has 13 heteroatoms. The molecule has 0 saturated carbocycles. The number of rotatable bonds is 5. The van der Waals surface area contributed by atoms with Crippen molar-refractivity contribution in [3.8, 4) is 17.0 Å². The molecule has 1 saturated heterocycles. The van der Waals surface area contributed by atoms with Gasteiger partial charge in [-0.2, -0.15) is 4.98 Å². The molecule has 5 rings (SSSR count). The Morgan fingerprint density at radius 3 is 2.77 bits per heavy atom. The monoisotopic (exact) mass is 492 g/mol. The van der Waals surface area contributed by atoms with Gasteiger partial charge in [-0.05, 0) is 44.6 Å². The maximum atomic E-state index is 16.3. The second-order valence-electron chi connectivity index (χ2n) is 8.91. The first-order chi connectivity index (χ1) is 16.6. The summed E-state index contributed by atoms with van der Waals surface area (Å²) in [6.07, 6.45) is -1.17.